The fraction of sp³-hybridized carbons (Fsp3) is 0.857. The molecular formula is C7H12O3. The van der Waals surface area contributed by atoms with Crippen molar-refractivity contribution in [1.82, 2.24) is 0 Å². The van der Waals surface area contributed by atoms with Gasteiger partial charge in [0.1, 0.15) is 0 Å². The van der Waals surface area contributed by atoms with Gasteiger partial charge in [-0.05, 0) is 6.42 Å². The van der Waals surface area contributed by atoms with E-state index < -0.39 is 0 Å². The Kier molecular flexibility index (Phi) is 2.27. The van der Waals surface area contributed by atoms with E-state index in [4.69, 9.17) is 4.74 Å². The molecule has 2 atom stereocenters. The van der Waals surface area contributed by atoms with Crippen LogP contribution >= 0.6 is 0 Å². The van der Waals surface area contributed by atoms with Crippen molar-refractivity contribution < 1.29 is 14.3 Å². The van der Waals surface area contributed by atoms with Gasteiger partial charge in [-0.1, -0.05) is 13.3 Å². The molecule has 0 radical (unpaired) electrons. The van der Waals surface area contributed by atoms with Crippen molar-refractivity contribution in [3.8, 4) is 0 Å². The molecule has 0 N–H and O–H groups in total. The molecule has 10 heavy (non-hydrogen) atoms. The highest BCUT2D eigenvalue weighted by atomic mass is 16.6. The second-order valence-electron chi connectivity index (χ2n) is 2.41. The molecule has 58 valence electrons. The van der Waals surface area contributed by atoms with Crippen LogP contribution < -0.4 is 0 Å². The summed E-state index contributed by atoms with van der Waals surface area (Å²) < 4.78 is 9.52. The van der Waals surface area contributed by atoms with Crippen LogP contribution in [-0.2, 0) is 14.3 Å². The monoisotopic (exact) mass is 144 g/mol. The lowest BCUT2D eigenvalue weighted by Gasteiger charge is -1.90. The maximum atomic E-state index is 10.7. The Hall–Kier alpha value is -0.570. The number of hydrogen-bond acceptors (Lipinski definition) is 3. The van der Waals surface area contributed by atoms with Gasteiger partial charge in [0.05, 0.1) is 13.2 Å². The van der Waals surface area contributed by atoms with Gasteiger partial charge in [0.2, 0.25) is 0 Å². The molecule has 3 nitrogen and oxygen atoms in total. The van der Waals surface area contributed by atoms with Gasteiger partial charge >= 0.3 is 5.97 Å². The zero-order valence-corrected chi connectivity index (χ0v) is 6.29. The maximum Gasteiger partial charge on any atom is 0.337 e. The Labute approximate surface area is 60.3 Å². The number of epoxide rings is 1. The number of carbonyl (C=O) groups excluding carboxylic acids is 1. The minimum Gasteiger partial charge on any atom is -0.467 e. The molecule has 1 fully saturated rings. The highest BCUT2D eigenvalue weighted by Crippen LogP contribution is 2.27. The Morgan fingerprint density at radius 2 is 2.40 bits per heavy atom. The molecular weight excluding hydrogens is 132 g/mol. The average Bonchev–Trinajstić information content (AvgIpc) is 2.67. The first kappa shape index (κ1) is 7.54. The first-order valence-corrected chi connectivity index (χ1v) is 3.53. The van der Waals surface area contributed by atoms with Crippen LogP contribution in [0.25, 0.3) is 0 Å². The zero-order valence-electron chi connectivity index (χ0n) is 6.29. The minimum absolute atomic E-state index is 0.137. The zero-order chi connectivity index (χ0) is 7.56. The Balaban J connectivity index is 2.18. The van der Waals surface area contributed by atoms with Crippen LogP contribution in [0.1, 0.15) is 19.8 Å². The summed E-state index contributed by atoms with van der Waals surface area (Å²) in [6.07, 6.45) is 1.89. The molecule has 2 unspecified atom stereocenters. The Morgan fingerprint density at radius 3 is 2.90 bits per heavy atom. The smallest absolute Gasteiger partial charge is 0.337 e. The topological polar surface area (TPSA) is 38.8 Å². The molecule has 0 aromatic rings. The molecule has 0 bridgehead atoms. The summed E-state index contributed by atoms with van der Waals surface area (Å²) >= 11 is 0. The maximum absolute atomic E-state index is 10.7. The quantitative estimate of drug-likeness (QED) is 0.433. The SMILES string of the molecule is CCCC1OC1C(=O)OC. The number of hydrogen-bond donors (Lipinski definition) is 0. The molecule has 0 amide bonds. The van der Waals surface area contributed by atoms with Gasteiger partial charge in [0, 0.05) is 0 Å². The lowest BCUT2D eigenvalue weighted by atomic mass is 10.2. The summed E-state index contributed by atoms with van der Waals surface area (Å²) in [4.78, 5) is 10.7. The summed E-state index contributed by atoms with van der Waals surface area (Å²) in [5.41, 5.74) is 0. The Bertz CT molecular complexity index is 133. The second-order valence-corrected chi connectivity index (χ2v) is 2.41. The van der Waals surface area contributed by atoms with Gasteiger partial charge in [-0.15, -0.1) is 0 Å². The highest BCUT2D eigenvalue weighted by Gasteiger charge is 2.44. The van der Waals surface area contributed by atoms with E-state index in [9.17, 15) is 4.79 Å². The minimum atomic E-state index is -0.259. The number of methoxy groups -OCH3 is 1. The predicted molar refractivity (Wildman–Crippen MR) is 35.6 cm³/mol. The first-order chi connectivity index (χ1) is 4.79. The lowest BCUT2D eigenvalue weighted by molar-refractivity contribution is -0.142. The molecule has 0 aromatic carbocycles. The largest absolute Gasteiger partial charge is 0.467 e. The number of rotatable bonds is 3. The summed E-state index contributed by atoms with van der Waals surface area (Å²) in [5.74, 6) is -0.238. The van der Waals surface area contributed by atoms with Crippen molar-refractivity contribution in [2.75, 3.05) is 7.11 Å². The van der Waals surface area contributed by atoms with Crippen LogP contribution in [0.3, 0.4) is 0 Å². The summed E-state index contributed by atoms with van der Waals surface area (Å²) in [5, 5.41) is 0. The first-order valence-electron chi connectivity index (χ1n) is 3.53. The average molecular weight is 144 g/mol. The van der Waals surface area contributed by atoms with E-state index >= 15 is 0 Å². The van der Waals surface area contributed by atoms with Gasteiger partial charge in [-0.25, -0.2) is 4.79 Å². The third-order valence-corrected chi connectivity index (χ3v) is 1.59. The van der Waals surface area contributed by atoms with Crippen molar-refractivity contribution in [3.05, 3.63) is 0 Å². The molecule has 1 saturated heterocycles. The summed E-state index contributed by atoms with van der Waals surface area (Å²) in [7, 11) is 1.38. The van der Waals surface area contributed by atoms with Gasteiger partial charge in [0.25, 0.3) is 0 Å². The van der Waals surface area contributed by atoms with Crippen molar-refractivity contribution in [2.45, 2.75) is 32.0 Å². The van der Waals surface area contributed by atoms with E-state index in [2.05, 4.69) is 11.7 Å². The van der Waals surface area contributed by atoms with Crippen LogP contribution in [0.4, 0.5) is 0 Å². The molecule has 0 aromatic heterocycles. The molecule has 1 aliphatic rings. The van der Waals surface area contributed by atoms with Crippen LogP contribution in [0.15, 0.2) is 0 Å². The molecule has 0 aliphatic carbocycles. The Morgan fingerprint density at radius 1 is 1.70 bits per heavy atom. The molecule has 1 heterocycles. The highest BCUT2D eigenvalue weighted by molar-refractivity contribution is 5.77. The van der Waals surface area contributed by atoms with Crippen LogP contribution in [-0.4, -0.2) is 25.3 Å². The van der Waals surface area contributed by atoms with Crippen molar-refractivity contribution in [1.29, 1.82) is 0 Å². The third kappa shape index (κ3) is 1.48. The molecule has 1 aliphatic heterocycles. The van der Waals surface area contributed by atoms with Crippen LogP contribution in [0.5, 0.6) is 0 Å². The van der Waals surface area contributed by atoms with Crippen molar-refractivity contribution in [3.63, 3.8) is 0 Å². The third-order valence-electron chi connectivity index (χ3n) is 1.59. The summed E-state index contributed by atoms with van der Waals surface area (Å²) in [6, 6.07) is 0. The van der Waals surface area contributed by atoms with E-state index in [-0.39, 0.29) is 18.2 Å². The molecule has 1 rings (SSSR count). The van der Waals surface area contributed by atoms with E-state index in [0.717, 1.165) is 12.8 Å². The normalized spacial score (nSPS) is 29.8. The van der Waals surface area contributed by atoms with Crippen LogP contribution in [0, 0.1) is 0 Å². The van der Waals surface area contributed by atoms with Crippen LogP contribution in [0.2, 0.25) is 0 Å². The fourth-order valence-corrected chi connectivity index (χ4v) is 0.970. The molecule has 0 saturated carbocycles. The van der Waals surface area contributed by atoms with E-state index in [1.165, 1.54) is 7.11 Å². The summed E-state index contributed by atoms with van der Waals surface area (Å²) in [6.45, 7) is 2.07. The number of carbonyl (C=O) groups is 1. The molecule has 3 heteroatoms. The van der Waals surface area contributed by atoms with Gasteiger partial charge in [-0.2, -0.15) is 0 Å². The van der Waals surface area contributed by atoms with E-state index in [1.54, 1.807) is 0 Å². The number of esters is 1. The van der Waals surface area contributed by atoms with Gasteiger partial charge in [0.15, 0.2) is 6.10 Å². The van der Waals surface area contributed by atoms with Crippen molar-refractivity contribution >= 4 is 5.97 Å². The second kappa shape index (κ2) is 3.01. The predicted octanol–water partition coefficient (Wildman–Crippen LogP) is 0.727. The standard InChI is InChI=1S/C7H12O3/c1-3-4-5-6(10-5)7(8)9-2/h5-6H,3-4H2,1-2H3. The van der Waals surface area contributed by atoms with E-state index in [1.807, 2.05) is 0 Å². The number of ether oxygens (including phenoxy) is 2. The fourth-order valence-electron chi connectivity index (χ4n) is 0.970. The molecule has 0 spiro atoms. The lowest BCUT2D eigenvalue weighted by Crippen LogP contribution is -2.11. The van der Waals surface area contributed by atoms with E-state index in [0.29, 0.717) is 0 Å². The van der Waals surface area contributed by atoms with Gasteiger partial charge < -0.3 is 9.47 Å². The van der Waals surface area contributed by atoms with Gasteiger partial charge in [-0.3, -0.25) is 0 Å². The van der Waals surface area contributed by atoms with Crippen molar-refractivity contribution in [2.24, 2.45) is 0 Å².